The van der Waals surface area contributed by atoms with Gasteiger partial charge in [-0.1, -0.05) is 0 Å². The minimum absolute atomic E-state index is 0.0736. The van der Waals surface area contributed by atoms with E-state index in [1.54, 1.807) is 18.9 Å². The zero-order valence-corrected chi connectivity index (χ0v) is 13.2. The fourth-order valence-corrected chi connectivity index (χ4v) is 2.40. The van der Waals surface area contributed by atoms with Crippen molar-refractivity contribution in [1.82, 2.24) is 4.90 Å². The molecular weight excluding hydrogens is 274 g/mol. The van der Waals surface area contributed by atoms with Crippen LogP contribution < -0.4 is 4.74 Å². The second-order valence-corrected chi connectivity index (χ2v) is 5.69. The molecule has 5 heteroatoms. The van der Waals surface area contributed by atoms with Gasteiger partial charge in [-0.05, 0) is 44.5 Å². The summed E-state index contributed by atoms with van der Waals surface area (Å²) in [5.41, 5.74) is 0. The molecule has 0 aliphatic heterocycles. The molecule has 0 fully saturated rings. The van der Waals surface area contributed by atoms with Crippen LogP contribution in [-0.2, 0) is 4.79 Å². The fourth-order valence-electron chi connectivity index (χ4n) is 1.56. The first-order valence-corrected chi connectivity index (χ1v) is 7.79. The number of amides is 1. The van der Waals surface area contributed by atoms with Crippen molar-refractivity contribution in [3.63, 3.8) is 0 Å². The van der Waals surface area contributed by atoms with Crippen LogP contribution in [0.3, 0.4) is 0 Å². The smallest absolute Gasteiger partial charge is 0.232 e. The maximum atomic E-state index is 11.9. The average molecular weight is 297 g/mol. The van der Waals surface area contributed by atoms with Gasteiger partial charge in [0.05, 0.1) is 18.5 Å². The predicted octanol–water partition coefficient (Wildman–Crippen LogP) is 2.41. The molecule has 0 heterocycles. The van der Waals surface area contributed by atoms with Gasteiger partial charge < -0.3 is 14.7 Å². The number of hydrogen-bond donors (Lipinski definition) is 1. The number of hydrogen-bond acceptors (Lipinski definition) is 4. The third kappa shape index (κ3) is 6.30. The topological polar surface area (TPSA) is 49.8 Å². The van der Waals surface area contributed by atoms with E-state index in [0.29, 0.717) is 25.3 Å². The molecule has 1 atom stereocenters. The first-order valence-electron chi connectivity index (χ1n) is 6.80. The van der Waals surface area contributed by atoms with Crippen molar-refractivity contribution in [3.8, 4) is 5.75 Å². The van der Waals surface area contributed by atoms with Crippen LogP contribution in [0.25, 0.3) is 0 Å². The Bertz CT molecular complexity index is 406. The highest BCUT2D eigenvalue weighted by atomic mass is 32.2. The zero-order chi connectivity index (χ0) is 15.0. The second kappa shape index (κ2) is 8.87. The third-order valence-electron chi connectivity index (χ3n) is 2.81. The molecule has 0 radical (unpaired) electrons. The van der Waals surface area contributed by atoms with Gasteiger partial charge in [-0.15, -0.1) is 11.8 Å². The Morgan fingerprint density at radius 2 is 2.05 bits per heavy atom. The second-order valence-electron chi connectivity index (χ2n) is 4.65. The zero-order valence-electron chi connectivity index (χ0n) is 12.3. The molecule has 1 aromatic carbocycles. The number of thioether (sulfide) groups is 1. The largest absolute Gasteiger partial charge is 0.494 e. The number of rotatable bonds is 8. The Hall–Kier alpha value is -1.20. The third-order valence-corrected chi connectivity index (χ3v) is 3.80. The van der Waals surface area contributed by atoms with Crippen LogP contribution in [0, 0.1) is 0 Å². The van der Waals surface area contributed by atoms with Crippen LogP contribution in [-0.4, -0.2) is 48.0 Å². The van der Waals surface area contributed by atoms with E-state index in [4.69, 9.17) is 4.74 Å². The van der Waals surface area contributed by atoms with Crippen molar-refractivity contribution in [2.45, 2.75) is 31.3 Å². The van der Waals surface area contributed by atoms with Crippen molar-refractivity contribution in [1.29, 1.82) is 0 Å². The average Bonchev–Trinajstić information content (AvgIpc) is 2.44. The van der Waals surface area contributed by atoms with Crippen LogP contribution in [0.2, 0.25) is 0 Å². The minimum atomic E-state index is -0.371. The molecule has 1 amide bonds. The summed E-state index contributed by atoms with van der Waals surface area (Å²) in [7, 11) is 1.77. The number of nitrogens with zero attached hydrogens (tertiary/aromatic N) is 1. The van der Waals surface area contributed by atoms with E-state index in [2.05, 4.69) is 0 Å². The van der Waals surface area contributed by atoms with Crippen molar-refractivity contribution in [2.75, 3.05) is 26.0 Å². The van der Waals surface area contributed by atoms with Gasteiger partial charge in [-0.2, -0.15) is 0 Å². The number of ether oxygens (including phenoxy) is 1. The van der Waals surface area contributed by atoms with Crippen LogP contribution in [0.4, 0.5) is 0 Å². The molecular formula is C15H23NO3S. The molecule has 1 aromatic rings. The van der Waals surface area contributed by atoms with E-state index >= 15 is 0 Å². The molecule has 112 valence electrons. The molecule has 0 aliphatic rings. The highest BCUT2D eigenvalue weighted by Gasteiger charge is 2.10. The van der Waals surface area contributed by atoms with E-state index in [-0.39, 0.29) is 12.0 Å². The Morgan fingerprint density at radius 1 is 1.40 bits per heavy atom. The number of aliphatic hydroxyl groups excluding tert-OH is 1. The van der Waals surface area contributed by atoms with Gasteiger partial charge in [0, 0.05) is 18.5 Å². The van der Waals surface area contributed by atoms with Gasteiger partial charge in [-0.3, -0.25) is 4.79 Å². The lowest BCUT2D eigenvalue weighted by Gasteiger charge is -2.17. The van der Waals surface area contributed by atoms with Crippen molar-refractivity contribution in [2.24, 2.45) is 0 Å². The van der Waals surface area contributed by atoms with Crippen LogP contribution in [0.1, 0.15) is 20.3 Å². The predicted molar refractivity (Wildman–Crippen MR) is 82.3 cm³/mol. The molecule has 1 N–H and O–H groups in total. The lowest BCUT2D eigenvalue weighted by atomic mass is 10.3. The van der Waals surface area contributed by atoms with E-state index < -0.39 is 0 Å². The molecule has 0 saturated carbocycles. The monoisotopic (exact) mass is 297 g/mol. The summed E-state index contributed by atoms with van der Waals surface area (Å²) < 4.78 is 5.37. The van der Waals surface area contributed by atoms with Gasteiger partial charge in [0.25, 0.3) is 0 Å². The summed E-state index contributed by atoms with van der Waals surface area (Å²) in [4.78, 5) is 14.6. The summed E-state index contributed by atoms with van der Waals surface area (Å²) in [6.07, 6.45) is 0.236. The molecule has 0 bridgehead atoms. The Kier molecular flexibility index (Phi) is 7.47. The van der Waals surface area contributed by atoms with Crippen LogP contribution in [0.15, 0.2) is 29.2 Å². The Morgan fingerprint density at radius 3 is 2.60 bits per heavy atom. The number of benzene rings is 1. The highest BCUT2D eigenvalue weighted by molar-refractivity contribution is 8.00. The molecule has 1 rings (SSSR count). The summed E-state index contributed by atoms with van der Waals surface area (Å²) in [5, 5.41) is 9.21. The summed E-state index contributed by atoms with van der Waals surface area (Å²) in [6.45, 7) is 4.91. The maximum absolute atomic E-state index is 11.9. The molecule has 0 aliphatic carbocycles. The Balaban J connectivity index is 2.36. The van der Waals surface area contributed by atoms with Crippen LogP contribution >= 0.6 is 11.8 Å². The van der Waals surface area contributed by atoms with Crippen LogP contribution in [0.5, 0.6) is 5.75 Å². The number of carbonyl (C=O) groups excluding carboxylic acids is 1. The minimum Gasteiger partial charge on any atom is -0.494 e. The summed E-state index contributed by atoms with van der Waals surface area (Å²) >= 11 is 1.51. The quantitative estimate of drug-likeness (QED) is 0.749. The fraction of sp³-hybridized carbons (Fsp3) is 0.533. The highest BCUT2D eigenvalue weighted by Crippen LogP contribution is 2.21. The lowest BCUT2D eigenvalue weighted by molar-refractivity contribution is -0.127. The molecule has 0 aromatic heterocycles. The van der Waals surface area contributed by atoms with Crippen molar-refractivity contribution in [3.05, 3.63) is 24.3 Å². The van der Waals surface area contributed by atoms with Gasteiger partial charge in [-0.25, -0.2) is 0 Å². The van der Waals surface area contributed by atoms with E-state index in [1.807, 2.05) is 31.2 Å². The van der Waals surface area contributed by atoms with Gasteiger partial charge >= 0.3 is 0 Å². The summed E-state index contributed by atoms with van der Waals surface area (Å²) in [5.74, 6) is 1.33. The van der Waals surface area contributed by atoms with E-state index in [9.17, 15) is 9.90 Å². The summed E-state index contributed by atoms with van der Waals surface area (Å²) in [6, 6.07) is 7.73. The standard InChI is InChI=1S/C15H23NO3S/c1-4-19-13-5-7-14(8-6-13)20-11-15(18)16(3)10-9-12(2)17/h5-8,12,17H,4,9-11H2,1-3H3. The Labute approximate surface area is 125 Å². The SMILES string of the molecule is CCOc1ccc(SCC(=O)N(C)CCC(C)O)cc1. The van der Waals surface area contributed by atoms with E-state index in [0.717, 1.165) is 10.6 Å². The molecule has 4 nitrogen and oxygen atoms in total. The van der Waals surface area contributed by atoms with Crippen molar-refractivity contribution >= 4 is 17.7 Å². The first-order chi connectivity index (χ1) is 9.52. The van der Waals surface area contributed by atoms with Gasteiger partial charge in [0.1, 0.15) is 5.75 Å². The van der Waals surface area contributed by atoms with E-state index in [1.165, 1.54) is 11.8 Å². The molecule has 0 spiro atoms. The van der Waals surface area contributed by atoms with Gasteiger partial charge in [0.15, 0.2) is 0 Å². The molecule has 0 saturated heterocycles. The number of carbonyl (C=O) groups is 1. The lowest BCUT2D eigenvalue weighted by Crippen LogP contribution is -2.30. The normalized spacial score (nSPS) is 12.0. The number of aliphatic hydroxyl groups is 1. The van der Waals surface area contributed by atoms with Crippen molar-refractivity contribution < 1.29 is 14.6 Å². The molecule has 20 heavy (non-hydrogen) atoms. The molecule has 1 unspecified atom stereocenters. The maximum Gasteiger partial charge on any atom is 0.232 e. The first kappa shape index (κ1) is 16.9. The van der Waals surface area contributed by atoms with Gasteiger partial charge in [0.2, 0.25) is 5.91 Å².